The van der Waals surface area contributed by atoms with E-state index in [0.717, 1.165) is 30.8 Å². The van der Waals surface area contributed by atoms with E-state index in [4.69, 9.17) is 9.26 Å². The minimum absolute atomic E-state index is 0.0786. The Kier molecular flexibility index (Phi) is 5.06. The van der Waals surface area contributed by atoms with Crippen molar-refractivity contribution in [3.8, 4) is 17.2 Å². The van der Waals surface area contributed by atoms with Gasteiger partial charge in [0.2, 0.25) is 0 Å². The molecule has 3 aromatic rings. The molecule has 7 nitrogen and oxygen atoms in total. The first-order valence-electron chi connectivity index (χ1n) is 9.34. The summed E-state index contributed by atoms with van der Waals surface area (Å²) in [7, 11) is 1.59. The smallest absolute Gasteiger partial charge is 0.259 e. The number of hydrogen-bond acceptors (Lipinski definition) is 7. The molecule has 0 amide bonds. The lowest BCUT2D eigenvalue weighted by Crippen LogP contribution is -2.39. The van der Waals surface area contributed by atoms with Crippen LogP contribution < -0.4 is 9.64 Å². The predicted octanol–water partition coefficient (Wildman–Crippen LogP) is 3.55. The first-order valence-corrected chi connectivity index (χ1v) is 9.34. The Labute approximate surface area is 163 Å². The summed E-state index contributed by atoms with van der Waals surface area (Å²) >= 11 is 0. The van der Waals surface area contributed by atoms with Crippen LogP contribution in [-0.4, -0.2) is 41.1 Å². The summed E-state index contributed by atoms with van der Waals surface area (Å²) in [6.45, 7) is 3.30. The highest BCUT2D eigenvalue weighted by atomic mass is 16.5. The fraction of sp³-hybridized carbons (Fsp3) is 0.333. The molecule has 7 heteroatoms. The second-order valence-corrected chi connectivity index (χ2v) is 6.90. The first kappa shape index (κ1) is 18.2. The monoisotopic (exact) mass is 378 g/mol. The maximum Gasteiger partial charge on any atom is 0.259 e. The third-order valence-electron chi connectivity index (χ3n) is 5.01. The lowest BCUT2D eigenvalue weighted by Gasteiger charge is -2.33. The van der Waals surface area contributed by atoms with Crippen LogP contribution in [-0.2, 0) is 0 Å². The molecule has 28 heavy (non-hydrogen) atoms. The number of carbonyl (C=O) groups excluding carboxylic acids is 1. The largest absolute Gasteiger partial charge is 0.496 e. The Bertz CT molecular complexity index is 968. The molecule has 3 heterocycles. The number of Topliss-reactive ketones (excluding diaryl/α,β-unsaturated/α-hetero) is 1. The van der Waals surface area contributed by atoms with Gasteiger partial charge in [0.1, 0.15) is 11.6 Å². The number of methoxy groups -OCH3 is 1. The summed E-state index contributed by atoms with van der Waals surface area (Å²) in [5, 5.41) is 3.81. The van der Waals surface area contributed by atoms with Gasteiger partial charge in [0.05, 0.1) is 18.2 Å². The van der Waals surface area contributed by atoms with E-state index < -0.39 is 0 Å². The zero-order valence-corrected chi connectivity index (χ0v) is 16.0. The Balaban J connectivity index is 1.50. The molecule has 0 radical (unpaired) electrons. The van der Waals surface area contributed by atoms with Gasteiger partial charge in [-0.1, -0.05) is 17.3 Å². The summed E-state index contributed by atoms with van der Waals surface area (Å²) in [4.78, 5) is 24.0. The third kappa shape index (κ3) is 3.60. The average molecular weight is 378 g/mol. The average Bonchev–Trinajstić information content (AvgIpc) is 3.19. The zero-order valence-electron chi connectivity index (χ0n) is 16.0. The van der Waals surface area contributed by atoms with Crippen LogP contribution in [0.4, 0.5) is 5.82 Å². The van der Waals surface area contributed by atoms with Gasteiger partial charge < -0.3 is 14.2 Å². The standard InChI is InChI=1S/C21H22N4O3/c1-14-23-21(28-24-14)15-9-10-19(22-12-15)25-11-5-6-16(13-25)20(26)17-7-3-4-8-18(17)27-2/h3-4,7-10,12,16H,5-6,11,13H2,1-2H3/t16-/m0/s1. The lowest BCUT2D eigenvalue weighted by atomic mass is 9.89. The maximum absolute atomic E-state index is 13.0. The number of carbonyl (C=O) groups is 1. The molecule has 1 aromatic carbocycles. The van der Waals surface area contributed by atoms with Gasteiger partial charge in [0, 0.05) is 25.2 Å². The second kappa shape index (κ2) is 7.80. The highest BCUT2D eigenvalue weighted by molar-refractivity contribution is 6.00. The summed E-state index contributed by atoms with van der Waals surface area (Å²) in [6.07, 6.45) is 3.54. The molecule has 0 saturated carbocycles. The highest BCUT2D eigenvalue weighted by Crippen LogP contribution is 2.28. The van der Waals surface area contributed by atoms with Crippen molar-refractivity contribution in [3.05, 3.63) is 54.0 Å². The van der Waals surface area contributed by atoms with E-state index in [0.29, 0.717) is 29.6 Å². The lowest BCUT2D eigenvalue weighted by molar-refractivity contribution is 0.0904. The van der Waals surface area contributed by atoms with E-state index in [1.165, 1.54) is 0 Å². The maximum atomic E-state index is 13.0. The van der Waals surface area contributed by atoms with Gasteiger partial charge in [-0.3, -0.25) is 4.79 Å². The van der Waals surface area contributed by atoms with Crippen LogP contribution in [0.5, 0.6) is 5.75 Å². The summed E-state index contributed by atoms with van der Waals surface area (Å²) in [6, 6.07) is 11.3. The Morgan fingerprint density at radius 1 is 1.25 bits per heavy atom. The van der Waals surface area contributed by atoms with E-state index in [-0.39, 0.29) is 11.7 Å². The third-order valence-corrected chi connectivity index (χ3v) is 5.01. The Morgan fingerprint density at radius 3 is 2.82 bits per heavy atom. The molecule has 1 aliphatic rings. The van der Waals surface area contributed by atoms with Gasteiger partial charge >= 0.3 is 0 Å². The second-order valence-electron chi connectivity index (χ2n) is 6.90. The summed E-state index contributed by atoms with van der Waals surface area (Å²) < 4.78 is 10.5. The Hall–Kier alpha value is -3.22. The number of aromatic nitrogens is 3. The molecule has 0 unspecified atom stereocenters. The van der Waals surface area contributed by atoms with E-state index in [9.17, 15) is 4.79 Å². The zero-order chi connectivity index (χ0) is 19.5. The number of piperidine rings is 1. The van der Waals surface area contributed by atoms with Gasteiger partial charge in [-0.15, -0.1) is 0 Å². The van der Waals surface area contributed by atoms with Crippen molar-refractivity contribution in [1.29, 1.82) is 0 Å². The van der Waals surface area contributed by atoms with Crippen molar-refractivity contribution in [2.24, 2.45) is 5.92 Å². The van der Waals surface area contributed by atoms with Gasteiger partial charge in [0.15, 0.2) is 11.6 Å². The van der Waals surface area contributed by atoms with Crippen LogP contribution in [0.3, 0.4) is 0 Å². The van der Waals surface area contributed by atoms with Crippen LogP contribution >= 0.6 is 0 Å². The van der Waals surface area contributed by atoms with Gasteiger partial charge in [0.25, 0.3) is 5.89 Å². The molecule has 2 aromatic heterocycles. The fourth-order valence-electron chi connectivity index (χ4n) is 3.58. The van der Waals surface area contributed by atoms with Crippen molar-refractivity contribution < 1.29 is 14.1 Å². The molecule has 0 spiro atoms. The quantitative estimate of drug-likeness (QED) is 0.628. The summed E-state index contributed by atoms with van der Waals surface area (Å²) in [5.74, 6) is 2.57. The van der Waals surface area contributed by atoms with E-state index in [1.807, 2.05) is 36.4 Å². The number of para-hydroxylation sites is 1. The number of anilines is 1. The van der Waals surface area contributed by atoms with Crippen molar-refractivity contribution in [2.75, 3.05) is 25.1 Å². The molecule has 0 N–H and O–H groups in total. The van der Waals surface area contributed by atoms with Gasteiger partial charge in [-0.25, -0.2) is 4.98 Å². The normalized spacial score (nSPS) is 16.8. The molecule has 0 aliphatic carbocycles. The van der Waals surface area contributed by atoms with Crippen LogP contribution in [0.25, 0.3) is 11.5 Å². The number of nitrogens with zero attached hydrogens (tertiary/aromatic N) is 4. The Morgan fingerprint density at radius 2 is 2.11 bits per heavy atom. The van der Waals surface area contributed by atoms with Crippen LogP contribution in [0, 0.1) is 12.8 Å². The molecular weight excluding hydrogens is 356 g/mol. The number of ether oxygens (including phenoxy) is 1. The number of hydrogen-bond donors (Lipinski definition) is 0. The molecule has 1 saturated heterocycles. The number of pyridine rings is 1. The summed E-state index contributed by atoms with van der Waals surface area (Å²) in [5.41, 5.74) is 1.43. The molecular formula is C21H22N4O3. The van der Waals surface area contributed by atoms with Crippen LogP contribution in [0.2, 0.25) is 0 Å². The topological polar surface area (TPSA) is 81.4 Å². The van der Waals surface area contributed by atoms with E-state index in [1.54, 1.807) is 20.2 Å². The van der Waals surface area contributed by atoms with Gasteiger partial charge in [-0.2, -0.15) is 4.98 Å². The van der Waals surface area contributed by atoms with Crippen molar-refractivity contribution in [3.63, 3.8) is 0 Å². The number of aryl methyl sites for hydroxylation is 1. The molecule has 1 aliphatic heterocycles. The predicted molar refractivity (Wildman–Crippen MR) is 105 cm³/mol. The van der Waals surface area contributed by atoms with E-state index >= 15 is 0 Å². The van der Waals surface area contributed by atoms with Crippen molar-refractivity contribution in [2.45, 2.75) is 19.8 Å². The highest BCUT2D eigenvalue weighted by Gasteiger charge is 2.28. The molecule has 1 fully saturated rings. The molecule has 4 rings (SSSR count). The number of benzene rings is 1. The fourth-order valence-corrected chi connectivity index (χ4v) is 3.58. The van der Waals surface area contributed by atoms with Crippen LogP contribution in [0.15, 0.2) is 47.1 Å². The van der Waals surface area contributed by atoms with Crippen molar-refractivity contribution in [1.82, 2.24) is 15.1 Å². The number of rotatable bonds is 5. The molecule has 144 valence electrons. The SMILES string of the molecule is COc1ccccc1C(=O)[C@H]1CCCN(c2ccc(-c3nc(C)no3)cn2)C1. The van der Waals surface area contributed by atoms with Crippen molar-refractivity contribution >= 4 is 11.6 Å². The van der Waals surface area contributed by atoms with Crippen LogP contribution in [0.1, 0.15) is 29.0 Å². The number of ketones is 1. The van der Waals surface area contributed by atoms with E-state index in [2.05, 4.69) is 20.0 Å². The first-order chi connectivity index (χ1) is 13.7. The minimum Gasteiger partial charge on any atom is -0.496 e. The van der Waals surface area contributed by atoms with Gasteiger partial charge in [-0.05, 0) is 44.0 Å². The minimum atomic E-state index is -0.0786. The molecule has 1 atom stereocenters. The molecule has 0 bridgehead atoms.